The minimum Gasteiger partial charge on any atom is -0.480 e. The topological polar surface area (TPSA) is 116 Å². The number of imidazole rings is 1. The van der Waals surface area contributed by atoms with Gasteiger partial charge in [-0.25, -0.2) is 13.4 Å². The van der Waals surface area contributed by atoms with Crippen LogP contribution in [0.1, 0.15) is 5.69 Å². The van der Waals surface area contributed by atoms with Crippen LogP contribution in [-0.2, 0) is 21.4 Å². The molecule has 3 aromatic rings. The van der Waals surface area contributed by atoms with E-state index >= 15 is 0 Å². The van der Waals surface area contributed by atoms with Crippen molar-refractivity contribution in [2.24, 2.45) is 0 Å². The number of morpholine rings is 1. The molecular weight excluding hydrogens is 436 g/mol. The van der Waals surface area contributed by atoms with Crippen molar-refractivity contribution < 1.29 is 22.8 Å². The summed E-state index contributed by atoms with van der Waals surface area (Å²) in [4.78, 5) is 15.1. The molecule has 30 heavy (non-hydrogen) atoms. The summed E-state index contributed by atoms with van der Waals surface area (Å²) in [5.41, 5.74) is 0.757. The molecule has 1 aliphatic heterocycles. The van der Waals surface area contributed by atoms with Crippen LogP contribution in [0.15, 0.2) is 47.6 Å². The number of aromatic nitrogens is 2. The van der Waals surface area contributed by atoms with Crippen LogP contribution in [0, 0.1) is 10.1 Å². The van der Waals surface area contributed by atoms with Gasteiger partial charge in [-0.05, 0) is 24.3 Å². The van der Waals surface area contributed by atoms with E-state index in [0.717, 1.165) is 6.07 Å². The highest BCUT2D eigenvalue weighted by molar-refractivity contribution is 7.89. The lowest BCUT2D eigenvalue weighted by Gasteiger charge is -2.26. The Morgan fingerprint density at radius 1 is 1.20 bits per heavy atom. The van der Waals surface area contributed by atoms with Crippen molar-refractivity contribution in [2.45, 2.75) is 11.5 Å². The lowest BCUT2D eigenvalue weighted by Crippen LogP contribution is -2.40. The number of pyridine rings is 1. The number of nitro groups is 1. The molecule has 2 aromatic heterocycles. The fourth-order valence-corrected chi connectivity index (χ4v) is 4.69. The predicted octanol–water partition coefficient (Wildman–Crippen LogP) is 2.50. The number of hydrogen-bond donors (Lipinski definition) is 0. The van der Waals surface area contributed by atoms with Crippen LogP contribution in [0.4, 0.5) is 5.69 Å². The smallest absolute Gasteiger partial charge is 0.312 e. The van der Waals surface area contributed by atoms with Gasteiger partial charge in [-0.2, -0.15) is 4.31 Å². The van der Waals surface area contributed by atoms with E-state index in [1.165, 1.54) is 16.4 Å². The molecule has 1 fully saturated rings. The molecule has 0 spiro atoms. The molecule has 10 nitrogen and oxygen atoms in total. The van der Waals surface area contributed by atoms with Gasteiger partial charge in [-0.3, -0.25) is 10.1 Å². The van der Waals surface area contributed by atoms with Crippen molar-refractivity contribution in [3.8, 4) is 5.75 Å². The maximum Gasteiger partial charge on any atom is 0.312 e. The summed E-state index contributed by atoms with van der Waals surface area (Å²) in [6.45, 7) is 0.938. The van der Waals surface area contributed by atoms with E-state index in [1.807, 2.05) is 0 Å². The summed E-state index contributed by atoms with van der Waals surface area (Å²) in [6, 6.07) is 7.05. The molecule has 1 saturated heterocycles. The van der Waals surface area contributed by atoms with E-state index in [4.69, 9.17) is 21.1 Å². The van der Waals surface area contributed by atoms with E-state index in [9.17, 15) is 18.5 Å². The Bertz CT molecular complexity index is 1210. The van der Waals surface area contributed by atoms with Gasteiger partial charge in [0, 0.05) is 31.5 Å². The molecule has 0 bridgehead atoms. The zero-order valence-electron chi connectivity index (χ0n) is 15.6. The molecule has 158 valence electrons. The van der Waals surface area contributed by atoms with Crippen LogP contribution in [0.3, 0.4) is 0 Å². The van der Waals surface area contributed by atoms with E-state index in [2.05, 4.69) is 4.98 Å². The summed E-state index contributed by atoms with van der Waals surface area (Å²) in [5.74, 6) is -0.0454. The molecule has 3 heterocycles. The van der Waals surface area contributed by atoms with Crippen molar-refractivity contribution in [1.82, 2.24) is 13.7 Å². The summed E-state index contributed by atoms with van der Waals surface area (Å²) >= 11 is 5.95. The molecule has 4 rings (SSSR count). The minimum absolute atomic E-state index is 0.0320. The second kappa shape index (κ2) is 8.19. The number of hydrogen-bond acceptors (Lipinski definition) is 7. The summed E-state index contributed by atoms with van der Waals surface area (Å²) in [7, 11) is -3.86. The molecule has 0 N–H and O–H groups in total. The zero-order chi connectivity index (χ0) is 21.3. The maximum absolute atomic E-state index is 12.8. The SMILES string of the molecule is O=[N+]([O-])c1cc(S(=O)(=O)N2CCOCC2)ccc1OCc1cn2cc(Cl)ccc2n1. The fraction of sp³-hybridized carbons (Fsp3) is 0.278. The third-order valence-corrected chi connectivity index (χ3v) is 6.69. The normalized spacial score (nSPS) is 15.4. The van der Waals surface area contributed by atoms with Crippen LogP contribution >= 0.6 is 11.6 Å². The molecule has 0 saturated carbocycles. The first-order valence-electron chi connectivity index (χ1n) is 8.97. The van der Waals surface area contributed by atoms with E-state index in [-0.39, 0.29) is 43.6 Å². The zero-order valence-corrected chi connectivity index (χ0v) is 17.2. The van der Waals surface area contributed by atoms with Crippen LogP contribution < -0.4 is 4.74 Å². The number of benzene rings is 1. The molecule has 0 atom stereocenters. The Morgan fingerprint density at radius 2 is 1.97 bits per heavy atom. The van der Waals surface area contributed by atoms with Crippen LogP contribution in [0.25, 0.3) is 5.65 Å². The van der Waals surface area contributed by atoms with Gasteiger partial charge >= 0.3 is 5.69 Å². The first-order valence-corrected chi connectivity index (χ1v) is 10.8. The number of sulfonamides is 1. The van der Waals surface area contributed by atoms with E-state index in [0.29, 0.717) is 16.4 Å². The molecule has 0 aliphatic carbocycles. The summed E-state index contributed by atoms with van der Waals surface area (Å²) in [5, 5.41) is 12.1. The quantitative estimate of drug-likeness (QED) is 0.416. The summed E-state index contributed by atoms with van der Waals surface area (Å²) < 4.78 is 39.2. The number of nitrogens with zero attached hydrogens (tertiary/aromatic N) is 4. The third-order valence-electron chi connectivity index (χ3n) is 4.58. The first-order chi connectivity index (χ1) is 14.3. The standard InChI is InChI=1S/C18H17ClN4O6S/c19-13-1-4-18-20-14(11-21(18)10-13)12-29-17-3-2-15(9-16(17)23(24)25)30(26,27)22-5-7-28-8-6-22/h1-4,9-11H,5-8,12H2. The third kappa shape index (κ3) is 4.10. The van der Waals surface area contributed by atoms with Gasteiger partial charge in [0.25, 0.3) is 0 Å². The Hall–Kier alpha value is -2.73. The van der Waals surface area contributed by atoms with Gasteiger partial charge in [-0.1, -0.05) is 11.6 Å². The Morgan fingerprint density at radius 3 is 2.70 bits per heavy atom. The van der Waals surface area contributed by atoms with Gasteiger partial charge < -0.3 is 13.9 Å². The molecule has 1 aliphatic rings. The van der Waals surface area contributed by atoms with Crippen LogP contribution in [0.2, 0.25) is 5.02 Å². The molecule has 1 aromatic carbocycles. The first kappa shape index (κ1) is 20.5. The van der Waals surface area contributed by atoms with Crippen LogP contribution in [0.5, 0.6) is 5.75 Å². The minimum atomic E-state index is -3.86. The number of rotatable bonds is 6. The van der Waals surface area contributed by atoms with E-state index in [1.54, 1.807) is 28.9 Å². The number of halogens is 1. The molecular formula is C18H17ClN4O6S. The largest absolute Gasteiger partial charge is 0.480 e. The lowest BCUT2D eigenvalue weighted by atomic mass is 10.3. The van der Waals surface area contributed by atoms with Gasteiger partial charge in [0.1, 0.15) is 12.3 Å². The maximum atomic E-state index is 12.8. The molecule has 0 radical (unpaired) electrons. The number of ether oxygens (including phenoxy) is 2. The van der Waals surface area contributed by atoms with E-state index < -0.39 is 20.6 Å². The Labute approximate surface area is 176 Å². The predicted molar refractivity (Wildman–Crippen MR) is 107 cm³/mol. The summed E-state index contributed by atoms with van der Waals surface area (Å²) in [6.07, 6.45) is 3.38. The van der Waals surface area contributed by atoms with Gasteiger partial charge in [0.05, 0.1) is 33.7 Å². The average Bonchev–Trinajstić information content (AvgIpc) is 3.14. The Balaban J connectivity index is 1.57. The van der Waals surface area contributed by atoms with Crippen molar-refractivity contribution in [3.05, 3.63) is 63.6 Å². The highest BCUT2D eigenvalue weighted by atomic mass is 35.5. The number of fused-ring (bicyclic) bond motifs is 1. The number of nitro benzene ring substituents is 1. The average molecular weight is 453 g/mol. The van der Waals surface area contributed by atoms with Gasteiger partial charge in [0.2, 0.25) is 10.0 Å². The fourth-order valence-electron chi connectivity index (χ4n) is 3.10. The highest BCUT2D eigenvalue weighted by Gasteiger charge is 2.29. The molecule has 0 amide bonds. The van der Waals surface area contributed by atoms with Crippen molar-refractivity contribution in [2.75, 3.05) is 26.3 Å². The molecule has 0 unspecified atom stereocenters. The second-order valence-electron chi connectivity index (χ2n) is 6.54. The van der Waals surface area contributed by atoms with Crippen molar-refractivity contribution in [3.63, 3.8) is 0 Å². The highest BCUT2D eigenvalue weighted by Crippen LogP contribution is 2.31. The van der Waals surface area contributed by atoms with Crippen molar-refractivity contribution >= 4 is 33.0 Å². The van der Waals surface area contributed by atoms with Gasteiger partial charge in [-0.15, -0.1) is 0 Å². The van der Waals surface area contributed by atoms with Gasteiger partial charge in [0.15, 0.2) is 5.75 Å². The molecule has 12 heteroatoms. The van der Waals surface area contributed by atoms with Crippen molar-refractivity contribution in [1.29, 1.82) is 0 Å². The second-order valence-corrected chi connectivity index (χ2v) is 8.91. The lowest BCUT2D eigenvalue weighted by molar-refractivity contribution is -0.386. The monoisotopic (exact) mass is 452 g/mol. The van der Waals surface area contributed by atoms with Crippen LogP contribution in [-0.4, -0.2) is 53.3 Å². The Kier molecular flexibility index (Phi) is 5.60.